The van der Waals surface area contributed by atoms with Gasteiger partial charge >= 0.3 is 20.5 Å². The smallest absolute Gasteiger partial charge is 0.332 e. The van der Waals surface area contributed by atoms with Gasteiger partial charge in [-0.05, 0) is 53.1 Å². The first-order valence-electron chi connectivity index (χ1n) is 8.10. The van der Waals surface area contributed by atoms with Gasteiger partial charge in [-0.25, -0.2) is 9.59 Å². The minimum Gasteiger partial charge on any atom is -0.466 e. The lowest BCUT2D eigenvalue weighted by molar-refractivity contribution is -0.136. The first-order valence-corrected chi connectivity index (χ1v) is 16.9. The summed E-state index contributed by atoms with van der Waals surface area (Å²) in [6, 6.07) is 0. The lowest BCUT2D eigenvalue weighted by atomic mass is 10.4. The molecule has 0 rings (SSSR count). The molecular weight excluding hydrogens is 372 g/mol. The van der Waals surface area contributed by atoms with E-state index in [1.807, 2.05) is 19.6 Å². The molecule has 144 valence electrons. The maximum atomic E-state index is 11.8. The number of rotatable bonds is 8. The summed E-state index contributed by atoms with van der Waals surface area (Å²) in [5, 5.41) is 0. The second kappa shape index (κ2) is 9.08. The van der Waals surface area contributed by atoms with E-state index in [4.69, 9.17) is 17.7 Å². The molecule has 0 aliphatic heterocycles. The topological polar surface area (TPSA) is 71.1 Å². The van der Waals surface area contributed by atoms with Crippen molar-refractivity contribution in [3.05, 3.63) is 22.5 Å². The van der Waals surface area contributed by atoms with Gasteiger partial charge in [0.05, 0.1) is 14.2 Å². The number of methoxy groups -OCH3 is 2. The van der Waals surface area contributed by atoms with Gasteiger partial charge in [0, 0.05) is 11.1 Å². The van der Waals surface area contributed by atoms with Crippen LogP contribution < -0.4 is 0 Å². The summed E-state index contributed by atoms with van der Waals surface area (Å²) in [5.41, 5.74) is 4.47. The highest BCUT2D eigenvalue weighted by Crippen LogP contribution is 2.24. The molecule has 0 aromatic carbocycles. The van der Waals surface area contributed by atoms with Crippen molar-refractivity contribution in [2.75, 3.05) is 14.2 Å². The fourth-order valence-corrected chi connectivity index (χ4v) is 15.9. The van der Waals surface area contributed by atoms with E-state index in [2.05, 4.69) is 19.6 Å². The number of carbonyl (C=O) groups excluding carboxylic acids is 2. The van der Waals surface area contributed by atoms with E-state index in [9.17, 15) is 9.59 Å². The number of ether oxygens (including phenoxy) is 2. The molecule has 0 amide bonds. The van der Waals surface area contributed by atoms with Crippen molar-refractivity contribution in [3.8, 4) is 0 Å². The van der Waals surface area contributed by atoms with Crippen LogP contribution in [0.15, 0.2) is 22.5 Å². The highest BCUT2D eigenvalue weighted by Gasteiger charge is 2.39. The quantitative estimate of drug-likeness (QED) is 0.350. The van der Waals surface area contributed by atoms with E-state index >= 15 is 0 Å². The van der Waals surface area contributed by atoms with Crippen molar-refractivity contribution < 1.29 is 27.3 Å². The van der Waals surface area contributed by atoms with Crippen LogP contribution in [-0.4, -0.2) is 51.4 Å². The predicted molar refractivity (Wildman–Crippen MR) is 106 cm³/mol. The normalized spacial score (nSPS) is 16.2. The standard InChI is InChI=1S/C16H32O6Si3/c1-13(15(17)19-3)11-25(10,12-14(2)16(18)20-4)22-24(8,9)21-23(5,6)7/h11-12H,1-10H3. The van der Waals surface area contributed by atoms with E-state index in [1.165, 1.54) is 14.2 Å². The van der Waals surface area contributed by atoms with Gasteiger partial charge in [-0.2, -0.15) is 0 Å². The predicted octanol–water partition coefficient (Wildman–Crippen LogP) is 3.45. The first kappa shape index (κ1) is 24.0. The third kappa shape index (κ3) is 9.31. The Morgan fingerprint density at radius 3 is 1.36 bits per heavy atom. The van der Waals surface area contributed by atoms with Crippen LogP contribution in [0.5, 0.6) is 0 Å². The van der Waals surface area contributed by atoms with Gasteiger partial charge in [0.2, 0.25) is 8.32 Å². The lowest BCUT2D eigenvalue weighted by Gasteiger charge is -2.37. The molecule has 6 nitrogen and oxygen atoms in total. The molecule has 0 aromatic rings. The molecule has 9 heteroatoms. The zero-order valence-electron chi connectivity index (χ0n) is 17.1. The van der Waals surface area contributed by atoms with E-state index < -0.39 is 37.1 Å². The maximum Gasteiger partial charge on any atom is 0.332 e. The Morgan fingerprint density at radius 1 is 0.720 bits per heavy atom. The van der Waals surface area contributed by atoms with Gasteiger partial charge in [-0.1, -0.05) is 11.4 Å². The minimum absolute atomic E-state index is 0.419. The van der Waals surface area contributed by atoms with Crippen LogP contribution in [0.25, 0.3) is 0 Å². The largest absolute Gasteiger partial charge is 0.466 e. The lowest BCUT2D eigenvalue weighted by Crippen LogP contribution is -2.52. The summed E-state index contributed by atoms with van der Waals surface area (Å²) < 4.78 is 22.3. The molecule has 0 fully saturated rings. The van der Waals surface area contributed by atoms with Gasteiger partial charge in [-0.15, -0.1) is 0 Å². The molecule has 0 bridgehead atoms. The van der Waals surface area contributed by atoms with Crippen LogP contribution in [0.4, 0.5) is 0 Å². The average Bonchev–Trinajstić information content (AvgIpc) is 2.41. The van der Waals surface area contributed by atoms with Crippen LogP contribution in [0.3, 0.4) is 0 Å². The van der Waals surface area contributed by atoms with Crippen molar-refractivity contribution >= 4 is 37.1 Å². The summed E-state index contributed by atoms with van der Waals surface area (Å²) in [4.78, 5) is 23.6. The molecule has 0 saturated carbocycles. The number of carbonyl (C=O) groups is 2. The Balaban J connectivity index is 5.92. The highest BCUT2D eigenvalue weighted by molar-refractivity contribution is 6.92. The molecule has 0 unspecified atom stereocenters. The Labute approximate surface area is 154 Å². The van der Waals surface area contributed by atoms with Gasteiger partial charge < -0.3 is 17.7 Å². The SMILES string of the molecule is COC(=O)C(C)=C[Si](C)(C=C(C)C(=O)OC)O[Si](C)(C)O[Si](C)(C)C. The van der Waals surface area contributed by atoms with Gasteiger partial charge in [0.25, 0.3) is 0 Å². The van der Waals surface area contributed by atoms with E-state index in [0.29, 0.717) is 11.1 Å². The monoisotopic (exact) mass is 404 g/mol. The fourth-order valence-electron chi connectivity index (χ4n) is 2.69. The summed E-state index contributed by atoms with van der Waals surface area (Å²) in [6.45, 7) is 15.6. The van der Waals surface area contributed by atoms with Crippen molar-refractivity contribution in [1.29, 1.82) is 0 Å². The molecule has 25 heavy (non-hydrogen) atoms. The maximum absolute atomic E-state index is 11.8. The Morgan fingerprint density at radius 2 is 1.08 bits per heavy atom. The highest BCUT2D eigenvalue weighted by atomic mass is 28.5. The molecule has 0 aromatic heterocycles. The second-order valence-corrected chi connectivity index (χ2v) is 19.1. The zero-order valence-corrected chi connectivity index (χ0v) is 20.1. The molecule has 0 radical (unpaired) electrons. The molecule has 0 saturated heterocycles. The molecule has 0 spiro atoms. The molecule has 0 N–H and O–H groups in total. The minimum atomic E-state index is -2.74. The number of hydrogen-bond acceptors (Lipinski definition) is 6. The summed E-state index contributed by atoms with van der Waals surface area (Å²) in [5.74, 6) is -0.839. The van der Waals surface area contributed by atoms with Gasteiger partial charge in [-0.3, -0.25) is 0 Å². The third-order valence-electron chi connectivity index (χ3n) is 3.04. The molecule has 0 heterocycles. The second-order valence-electron chi connectivity index (χ2n) is 7.54. The Kier molecular flexibility index (Phi) is 8.71. The molecule has 0 aliphatic rings. The number of esters is 2. The Hall–Kier alpha value is -1.01. The first-order chi connectivity index (χ1) is 11.1. The molecule has 0 aliphatic carbocycles. The van der Waals surface area contributed by atoms with Crippen LogP contribution in [0, 0.1) is 0 Å². The van der Waals surface area contributed by atoms with E-state index in [1.54, 1.807) is 25.2 Å². The fraction of sp³-hybridized carbons (Fsp3) is 0.625. The summed E-state index contributed by atoms with van der Waals surface area (Å²) in [7, 11) is -4.33. The van der Waals surface area contributed by atoms with Crippen LogP contribution in [0.1, 0.15) is 13.8 Å². The van der Waals surface area contributed by atoms with E-state index in [-0.39, 0.29) is 0 Å². The number of hydrogen-bond donors (Lipinski definition) is 0. The van der Waals surface area contributed by atoms with Crippen molar-refractivity contribution in [1.82, 2.24) is 0 Å². The van der Waals surface area contributed by atoms with E-state index in [0.717, 1.165) is 0 Å². The van der Waals surface area contributed by atoms with Gasteiger partial charge in [0.1, 0.15) is 0 Å². The van der Waals surface area contributed by atoms with Crippen LogP contribution >= 0.6 is 0 Å². The zero-order chi connectivity index (χ0) is 20.1. The summed E-state index contributed by atoms with van der Waals surface area (Å²) >= 11 is 0. The Bertz CT molecular complexity index is 529. The molecule has 0 atom stereocenters. The van der Waals surface area contributed by atoms with Crippen molar-refractivity contribution in [2.45, 2.75) is 53.1 Å². The summed E-state index contributed by atoms with van der Waals surface area (Å²) in [6.07, 6.45) is 0. The van der Waals surface area contributed by atoms with Crippen LogP contribution in [-0.2, 0) is 27.3 Å². The van der Waals surface area contributed by atoms with Crippen LogP contribution in [0.2, 0.25) is 39.3 Å². The average molecular weight is 405 g/mol. The van der Waals surface area contributed by atoms with Crippen molar-refractivity contribution in [2.24, 2.45) is 0 Å². The third-order valence-corrected chi connectivity index (χ3v) is 13.2. The molecular formula is C16H32O6Si3. The van der Waals surface area contributed by atoms with Crippen molar-refractivity contribution in [3.63, 3.8) is 0 Å². The van der Waals surface area contributed by atoms with Gasteiger partial charge in [0.15, 0.2) is 8.32 Å².